The molecule has 0 saturated carbocycles. The molecule has 1 aromatic heterocycles. The quantitative estimate of drug-likeness (QED) is 0.886. The number of morpholine rings is 1. The third kappa shape index (κ3) is 4.35. The van der Waals surface area contributed by atoms with Crippen LogP contribution in [0.1, 0.15) is 4.88 Å². The van der Waals surface area contributed by atoms with E-state index in [0.717, 1.165) is 10.6 Å². The van der Waals surface area contributed by atoms with Gasteiger partial charge in [0.05, 0.1) is 19.1 Å². The first-order valence-corrected chi connectivity index (χ1v) is 8.84. The molecule has 1 aliphatic heterocycles. The molecule has 3 rings (SSSR count). The zero-order valence-corrected chi connectivity index (χ0v) is 14.5. The van der Waals surface area contributed by atoms with E-state index >= 15 is 0 Å². The number of anilines is 1. The lowest BCUT2D eigenvalue weighted by molar-refractivity contribution is -0.129. The van der Waals surface area contributed by atoms with Gasteiger partial charge in [0.15, 0.2) is 0 Å². The second-order valence-electron chi connectivity index (χ2n) is 5.48. The molecule has 5 nitrogen and oxygen atoms in total. The summed E-state index contributed by atoms with van der Waals surface area (Å²) in [5.74, 6) is -0.161. The minimum absolute atomic E-state index is 0.00201. The Balaban J connectivity index is 1.55. The summed E-state index contributed by atoms with van der Waals surface area (Å²) in [4.78, 5) is 26.7. The monoisotopic (exact) mass is 364 g/mol. The predicted octanol–water partition coefficient (Wildman–Crippen LogP) is 2.49. The van der Waals surface area contributed by atoms with Crippen LogP contribution in [0.5, 0.6) is 0 Å². The van der Waals surface area contributed by atoms with E-state index in [4.69, 9.17) is 16.3 Å². The third-order valence-corrected chi connectivity index (χ3v) is 4.80. The van der Waals surface area contributed by atoms with E-state index in [1.54, 1.807) is 34.4 Å². The van der Waals surface area contributed by atoms with Crippen LogP contribution in [0.25, 0.3) is 0 Å². The SMILES string of the molecule is O=C(Cc1cccs1)NCC1CN(c2cccc(Cl)c2)C(=O)CO1. The lowest BCUT2D eigenvalue weighted by Crippen LogP contribution is -2.50. The minimum atomic E-state index is -0.242. The zero-order valence-electron chi connectivity index (χ0n) is 12.9. The maximum Gasteiger partial charge on any atom is 0.253 e. The highest BCUT2D eigenvalue weighted by atomic mass is 35.5. The van der Waals surface area contributed by atoms with E-state index in [1.807, 2.05) is 23.6 Å². The van der Waals surface area contributed by atoms with Crippen molar-refractivity contribution in [3.63, 3.8) is 0 Å². The summed E-state index contributed by atoms with van der Waals surface area (Å²) in [6.45, 7) is 0.755. The number of nitrogens with one attached hydrogen (secondary N) is 1. The number of hydrogen-bond donors (Lipinski definition) is 1. The fourth-order valence-electron chi connectivity index (χ4n) is 2.50. The third-order valence-electron chi connectivity index (χ3n) is 3.69. The summed E-state index contributed by atoms with van der Waals surface area (Å²) >= 11 is 7.55. The molecule has 0 aliphatic carbocycles. The molecule has 2 heterocycles. The molecule has 1 atom stereocenters. The first-order valence-electron chi connectivity index (χ1n) is 7.58. The van der Waals surface area contributed by atoms with Crippen LogP contribution in [0.15, 0.2) is 41.8 Å². The second-order valence-corrected chi connectivity index (χ2v) is 6.95. The highest BCUT2D eigenvalue weighted by Gasteiger charge is 2.27. The first kappa shape index (κ1) is 17.0. The summed E-state index contributed by atoms with van der Waals surface area (Å²) in [5, 5.41) is 5.39. The van der Waals surface area contributed by atoms with Gasteiger partial charge in [0, 0.05) is 22.1 Å². The molecule has 1 N–H and O–H groups in total. The van der Waals surface area contributed by atoms with Crippen molar-refractivity contribution in [2.75, 3.05) is 24.6 Å². The van der Waals surface area contributed by atoms with Gasteiger partial charge in [-0.2, -0.15) is 0 Å². The molecule has 126 valence electrons. The van der Waals surface area contributed by atoms with Crippen molar-refractivity contribution in [1.29, 1.82) is 0 Å². The highest BCUT2D eigenvalue weighted by molar-refractivity contribution is 7.10. The smallest absolute Gasteiger partial charge is 0.253 e. The van der Waals surface area contributed by atoms with Crippen LogP contribution in [0.4, 0.5) is 5.69 Å². The van der Waals surface area contributed by atoms with E-state index in [-0.39, 0.29) is 24.5 Å². The minimum Gasteiger partial charge on any atom is -0.365 e. The number of rotatable bonds is 5. The largest absolute Gasteiger partial charge is 0.365 e. The van der Waals surface area contributed by atoms with Gasteiger partial charge in [0.25, 0.3) is 5.91 Å². The van der Waals surface area contributed by atoms with Crippen LogP contribution >= 0.6 is 22.9 Å². The van der Waals surface area contributed by atoms with Crippen LogP contribution in [0.2, 0.25) is 5.02 Å². The fraction of sp³-hybridized carbons (Fsp3) is 0.294. The average Bonchev–Trinajstić information content (AvgIpc) is 3.07. The maximum atomic E-state index is 12.1. The van der Waals surface area contributed by atoms with Gasteiger partial charge in [-0.1, -0.05) is 23.7 Å². The van der Waals surface area contributed by atoms with Crippen LogP contribution in [0, 0.1) is 0 Å². The Morgan fingerprint density at radius 1 is 1.38 bits per heavy atom. The molecule has 1 aromatic carbocycles. The molecule has 7 heteroatoms. The van der Waals surface area contributed by atoms with E-state index < -0.39 is 0 Å². The Bertz CT molecular complexity index is 720. The van der Waals surface area contributed by atoms with Crippen LogP contribution < -0.4 is 10.2 Å². The Morgan fingerprint density at radius 2 is 2.25 bits per heavy atom. The van der Waals surface area contributed by atoms with Crippen LogP contribution in [0.3, 0.4) is 0 Å². The molecular formula is C17H17ClN2O3S. The summed E-state index contributed by atoms with van der Waals surface area (Å²) in [6, 6.07) is 11.0. The second kappa shape index (κ2) is 7.79. The van der Waals surface area contributed by atoms with E-state index in [9.17, 15) is 9.59 Å². The maximum absolute atomic E-state index is 12.1. The van der Waals surface area contributed by atoms with Crippen molar-refractivity contribution < 1.29 is 14.3 Å². The van der Waals surface area contributed by atoms with Gasteiger partial charge >= 0.3 is 0 Å². The number of ether oxygens (including phenoxy) is 1. The number of benzene rings is 1. The Kier molecular flexibility index (Phi) is 5.50. The van der Waals surface area contributed by atoms with Gasteiger partial charge < -0.3 is 15.0 Å². The van der Waals surface area contributed by atoms with Gasteiger partial charge in [0.2, 0.25) is 5.91 Å². The van der Waals surface area contributed by atoms with Gasteiger partial charge in [0.1, 0.15) is 6.61 Å². The molecule has 0 spiro atoms. The molecule has 1 unspecified atom stereocenters. The summed E-state index contributed by atoms with van der Waals surface area (Å²) in [5.41, 5.74) is 0.741. The zero-order chi connectivity index (χ0) is 16.9. The number of hydrogen-bond acceptors (Lipinski definition) is 4. The number of carbonyl (C=O) groups is 2. The lowest BCUT2D eigenvalue weighted by atomic mass is 10.2. The standard InChI is InChI=1S/C17H17ClN2O3S/c18-12-3-1-4-13(7-12)20-10-14(23-11-17(20)22)9-19-16(21)8-15-5-2-6-24-15/h1-7,14H,8-11H2,(H,19,21). The first-order chi connectivity index (χ1) is 11.6. The molecule has 2 amide bonds. The Morgan fingerprint density at radius 3 is 3.00 bits per heavy atom. The summed E-state index contributed by atoms with van der Waals surface area (Å²) in [7, 11) is 0. The van der Waals surface area contributed by atoms with Gasteiger partial charge in [-0.25, -0.2) is 0 Å². The average molecular weight is 365 g/mol. The fourth-order valence-corrected chi connectivity index (χ4v) is 3.39. The van der Waals surface area contributed by atoms with Crippen molar-refractivity contribution in [3.8, 4) is 0 Å². The van der Waals surface area contributed by atoms with E-state index in [0.29, 0.717) is 24.5 Å². The molecule has 2 aromatic rings. The molecule has 1 saturated heterocycles. The van der Waals surface area contributed by atoms with Gasteiger partial charge in [-0.3, -0.25) is 9.59 Å². The van der Waals surface area contributed by atoms with Crippen molar-refractivity contribution >= 4 is 40.4 Å². The molecule has 0 radical (unpaired) electrons. The molecule has 1 aliphatic rings. The summed E-state index contributed by atoms with van der Waals surface area (Å²) in [6.07, 6.45) is 0.121. The number of amides is 2. The van der Waals surface area contributed by atoms with Crippen LogP contribution in [-0.4, -0.2) is 37.6 Å². The van der Waals surface area contributed by atoms with Crippen molar-refractivity contribution in [1.82, 2.24) is 5.32 Å². The molecular weight excluding hydrogens is 348 g/mol. The van der Waals surface area contributed by atoms with Crippen molar-refractivity contribution in [2.24, 2.45) is 0 Å². The Labute approximate surface area is 149 Å². The Hall–Kier alpha value is -1.89. The number of carbonyl (C=O) groups excluding carboxylic acids is 2. The molecule has 1 fully saturated rings. The highest BCUT2D eigenvalue weighted by Crippen LogP contribution is 2.22. The van der Waals surface area contributed by atoms with Crippen LogP contribution in [-0.2, 0) is 20.7 Å². The number of thiophene rings is 1. The van der Waals surface area contributed by atoms with Gasteiger partial charge in [-0.05, 0) is 29.6 Å². The normalized spacial score (nSPS) is 17.8. The van der Waals surface area contributed by atoms with Crippen molar-refractivity contribution in [3.05, 3.63) is 51.7 Å². The number of nitrogens with zero attached hydrogens (tertiary/aromatic N) is 1. The predicted molar refractivity (Wildman–Crippen MR) is 94.6 cm³/mol. The molecule has 24 heavy (non-hydrogen) atoms. The van der Waals surface area contributed by atoms with E-state index in [1.165, 1.54) is 0 Å². The topological polar surface area (TPSA) is 58.6 Å². The van der Waals surface area contributed by atoms with Crippen molar-refractivity contribution in [2.45, 2.75) is 12.5 Å². The summed E-state index contributed by atoms with van der Waals surface area (Å²) < 4.78 is 5.52. The van der Waals surface area contributed by atoms with Gasteiger partial charge in [-0.15, -0.1) is 11.3 Å². The van der Waals surface area contributed by atoms with E-state index in [2.05, 4.69) is 5.32 Å². The molecule has 0 bridgehead atoms. The lowest BCUT2D eigenvalue weighted by Gasteiger charge is -2.33. The number of halogens is 1.